The van der Waals surface area contributed by atoms with Gasteiger partial charge in [-0.2, -0.15) is 0 Å². The number of hydrogen-bond acceptors (Lipinski definition) is 2. The van der Waals surface area contributed by atoms with Gasteiger partial charge in [0.25, 0.3) is 0 Å². The van der Waals surface area contributed by atoms with Crippen LogP contribution in [-0.2, 0) is 0 Å². The van der Waals surface area contributed by atoms with E-state index < -0.39 is 0 Å². The summed E-state index contributed by atoms with van der Waals surface area (Å²) >= 11 is 0. The van der Waals surface area contributed by atoms with Crippen LogP contribution in [0.4, 0.5) is 0 Å². The second-order valence-corrected chi connectivity index (χ2v) is 5.88. The van der Waals surface area contributed by atoms with Gasteiger partial charge in [0.05, 0.1) is 0 Å². The Bertz CT molecular complexity index is 189. The molecule has 0 radical (unpaired) electrons. The maximum atomic E-state index is 6.48. The summed E-state index contributed by atoms with van der Waals surface area (Å²) in [7, 11) is 0. The Morgan fingerprint density at radius 2 is 1.73 bits per heavy atom. The molecule has 0 bridgehead atoms. The summed E-state index contributed by atoms with van der Waals surface area (Å²) in [6, 6.07) is 0. The van der Waals surface area contributed by atoms with Crippen LogP contribution in [0.2, 0.25) is 0 Å². The monoisotopic (exact) mass is 210 g/mol. The van der Waals surface area contributed by atoms with Crippen molar-refractivity contribution in [2.45, 2.75) is 57.4 Å². The van der Waals surface area contributed by atoms with Crippen molar-refractivity contribution in [2.24, 2.45) is 11.7 Å². The molecule has 0 aromatic heterocycles. The highest BCUT2D eigenvalue weighted by molar-refractivity contribution is 4.91. The predicted molar refractivity (Wildman–Crippen MR) is 64.8 cm³/mol. The van der Waals surface area contributed by atoms with Crippen LogP contribution in [0.5, 0.6) is 0 Å². The number of hydrogen-bond donors (Lipinski definition) is 1. The lowest BCUT2D eigenvalue weighted by Crippen LogP contribution is -2.52. The first-order valence-corrected chi connectivity index (χ1v) is 6.69. The molecule has 1 aliphatic carbocycles. The molecular weight excluding hydrogens is 184 g/mol. The molecule has 1 saturated heterocycles. The SMILES string of the molecule is CC1CCN(CC2(N)CCCCC2)CC1. The Morgan fingerprint density at radius 3 is 2.33 bits per heavy atom. The highest BCUT2D eigenvalue weighted by Crippen LogP contribution is 2.28. The highest BCUT2D eigenvalue weighted by Gasteiger charge is 2.30. The third-order valence-corrected chi connectivity index (χ3v) is 4.26. The highest BCUT2D eigenvalue weighted by atomic mass is 15.1. The minimum atomic E-state index is 0.152. The van der Waals surface area contributed by atoms with E-state index in [4.69, 9.17) is 5.73 Å². The molecule has 0 aromatic carbocycles. The van der Waals surface area contributed by atoms with Crippen LogP contribution in [0, 0.1) is 5.92 Å². The second kappa shape index (κ2) is 4.84. The van der Waals surface area contributed by atoms with Gasteiger partial charge in [0.1, 0.15) is 0 Å². The van der Waals surface area contributed by atoms with Gasteiger partial charge in [0.2, 0.25) is 0 Å². The zero-order valence-electron chi connectivity index (χ0n) is 10.2. The standard InChI is InChI=1S/C13H26N2/c1-12-5-9-15(10-6-12)11-13(14)7-3-2-4-8-13/h12H,2-11,14H2,1H3. The van der Waals surface area contributed by atoms with Crippen LogP contribution >= 0.6 is 0 Å². The van der Waals surface area contributed by atoms with E-state index in [0.29, 0.717) is 0 Å². The van der Waals surface area contributed by atoms with Gasteiger partial charge in [0.15, 0.2) is 0 Å². The van der Waals surface area contributed by atoms with Crippen LogP contribution in [0.1, 0.15) is 51.9 Å². The Kier molecular flexibility index (Phi) is 3.68. The second-order valence-electron chi connectivity index (χ2n) is 5.88. The lowest BCUT2D eigenvalue weighted by Gasteiger charge is -2.40. The summed E-state index contributed by atoms with van der Waals surface area (Å²) in [5, 5.41) is 0. The molecule has 0 amide bonds. The Morgan fingerprint density at radius 1 is 1.13 bits per heavy atom. The minimum absolute atomic E-state index is 0.152. The van der Waals surface area contributed by atoms with Gasteiger partial charge in [-0.05, 0) is 44.7 Å². The van der Waals surface area contributed by atoms with Crippen LogP contribution in [0.15, 0.2) is 0 Å². The van der Waals surface area contributed by atoms with Crippen molar-refractivity contribution >= 4 is 0 Å². The molecule has 1 aliphatic heterocycles. The van der Waals surface area contributed by atoms with E-state index in [1.54, 1.807) is 0 Å². The zero-order chi connectivity index (χ0) is 10.7. The zero-order valence-corrected chi connectivity index (χ0v) is 10.2. The molecule has 1 saturated carbocycles. The summed E-state index contributed by atoms with van der Waals surface area (Å²) in [5.41, 5.74) is 6.63. The smallest absolute Gasteiger partial charge is 0.0283 e. The van der Waals surface area contributed by atoms with Crippen molar-refractivity contribution in [1.82, 2.24) is 4.90 Å². The molecular formula is C13H26N2. The largest absolute Gasteiger partial charge is 0.324 e. The van der Waals surface area contributed by atoms with E-state index in [1.165, 1.54) is 58.0 Å². The maximum absolute atomic E-state index is 6.48. The number of nitrogens with two attached hydrogens (primary N) is 1. The van der Waals surface area contributed by atoms with Gasteiger partial charge in [0, 0.05) is 12.1 Å². The van der Waals surface area contributed by atoms with Gasteiger partial charge >= 0.3 is 0 Å². The van der Waals surface area contributed by atoms with E-state index in [1.807, 2.05) is 0 Å². The van der Waals surface area contributed by atoms with Crippen LogP contribution in [0.3, 0.4) is 0 Å². The molecule has 2 rings (SSSR count). The van der Waals surface area contributed by atoms with Gasteiger partial charge < -0.3 is 10.6 Å². The van der Waals surface area contributed by atoms with Gasteiger partial charge in [-0.25, -0.2) is 0 Å². The van der Waals surface area contributed by atoms with E-state index in [9.17, 15) is 0 Å². The Labute approximate surface area is 94.2 Å². The Hall–Kier alpha value is -0.0800. The van der Waals surface area contributed by atoms with Crippen LogP contribution < -0.4 is 5.73 Å². The minimum Gasteiger partial charge on any atom is -0.324 e. The number of likely N-dealkylation sites (tertiary alicyclic amines) is 1. The van der Waals surface area contributed by atoms with Crippen LogP contribution in [0.25, 0.3) is 0 Å². The van der Waals surface area contributed by atoms with E-state index >= 15 is 0 Å². The molecule has 1 heterocycles. The fourth-order valence-corrected chi connectivity index (χ4v) is 3.08. The normalized spacial score (nSPS) is 29.2. The van der Waals surface area contributed by atoms with E-state index in [2.05, 4.69) is 11.8 Å². The van der Waals surface area contributed by atoms with Crippen molar-refractivity contribution in [3.05, 3.63) is 0 Å². The van der Waals surface area contributed by atoms with Crippen molar-refractivity contribution in [1.29, 1.82) is 0 Å². The summed E-state index contributed by atoms with van der Waals surface area (Å²) in [6.07, 6.45) is 9.34. The summed E-state index contributed by atoms with van der Waals surface area (Å²) in [6.45, 7) is 6.08. The van der Waals surface area contributed by atoms with Crippen molar-refractivity contribution in [3.8, 4) is 0 Å². The van der Waals surface area contributed by atoms with Crippen molar-refractivity contribution in [3.63, 3.8) is 0 Å². The van der Waals surface area contributed by atoms with Crippen LogP contribution in [-0.4, -0.2) is 30.1 Å². The third-order valence-electron chi connectivity index (χ3n) is 4.26. The van der Waals surface area contributed by atoms with E-state index in [0.717, 1.165) is 12.5 Å². The molecule has 2 N–H and O–H groups in total. The van der Waals surface area contributed by atoms with Crippen molar-refractivity contribution < 1.29 is 0 Å². The summed E-state index contributed by atoms with van der Waals surface area (Å²) < 4.78 is 0. The quantitative estimate of drug-likeness (QED) is 0.758. The van der Waals surface area contributed by atoms with Gasteiger partial charge in [-0.15, -0.1) is 0 Å². The molecule has 2 fully saturated rings. The first-order chi connectivity index (χ1) is 7.18. The molecule has 0 unspecified atom stereocenters. The molecule has 0 aromatic rings. The number of piperidine rings is 1. The van der Waals surface area contributed by atoms with E-state index in [-0.39, 0.29) is 5.54 Å². The molecule has 15 heavy (non-hydrogen) atoms. The molecule has 2 nitrogen and oxygen atoms in total. The molecule has 0 atom stereocenters. The van der Waals surface area contributed by atoms with Crippen molar-refractivity contribution in [2.75, 3.05) is 19.6 Å². The first-order valence-electron chi connectivity index (χ1n) is 6.69. The number of rotatable bonds is 2. The summed E-state index contributed by atoms with van der Waals surface area (Å²) in [4.78, 5) is 2.60. The molecule has 88 valence electrons. The predicted octanol–water partition coefficient (Wildman–Crippen LogP) is 2.38. The maximum Gasteiger partial charge on any atom is 0.0283 e. The fraction of sp³-hybridized carbons (Fsp3) is 1.00. The average molecular weight is 210 g/mol. The van der Waals surface area contributed by atoms with Gasteiger partial charge in [-0.1, -0.05) is 26.2 Å². The lowest BCUT2D eigenvalue weighted by molar-refractivity contribution is 0.133. The number of nitrogens with zero attached hydrogens (tertiary/aromatic N) is 1. The first kappa shape index (κ1) is 11.4. The molecule has 0 spiro atoms. The third kappa shape index (κ3) is 3.18. The summed E-state index contributed by atoms with van der Waals surface area (Å²) in [5.74, 6) is 0.932. The fourth-order valence-electron chi connectivity index (χ4n) is 3.08. The molecule has 2 heteroatoms. The topological polar surface area (TPSA) is 29.3 Å². The Balaban J connectivity index is 1.80. The average Bonchev–Trinajstić information content (AvgIpc) is 2.22. The van der Waals surface area contributed by atoms with Gasteiger partial charge in [-0.3, -0.25) is 0 Å². The molecule has 2 aliphatic rings. The lowest BCUT2D eigenvalue weighted by atomic mass is 9.81.